The lowest BCUT2D eigenvalue weighted by Crippen LogP contribution is -2.39. The monoisotopic (exact) mass is 241 g/mol. The first-order valence-electron chi connectivity index (χ1n) is 5.10. The molecular weight excluding hydrogens is 230 g/mol. The Balaban J connectivity index is 1.98. The van der Waals surface area contributed by atoms with Crippen molar-refractivity contribution >= 4 is 17.5 Å². The lowest BCUT2D eigenvalue weighted by molar-refractivity contribution is 0.0902. The summed E-state index contributed by atoms with van der Waals surface area (Å²) in [4.78, 5) is 19.3. The zero-order chi connectivity index (χ0) is 11.5. The van der Waals surface area contributed by atoms with Gasteiger partial charge in [-0.05, 0) is 18.8 Å². The Morgan fingerprint density at radius 2 is 2.31 bits per heavy atom. The van der Waals surface area contributed by atoms with Crippen LogP contribution in [-0.2, 0) is 0 Å². The number of aromatic nitrogens is 2. The average molecular weight is 242 g/mol. The van der Waals surface area contributed by atoms with Crippen LogP contribution < -0.4 is 5.32 Å². The maximum atomic E-state index is 11.7. The SMILES string of the molecule is O=C(NC(CO)C1CC1)c1cnc(Cl)cn1. The Labute approximate surface area is 97.9 Å². The highest BCUT2D eigenvalue weighted by atomic mass is 35.5. The molecule has 16 heavy (non-hydrogen) atoms. The number of amides is 1. The fourth-order valence-electron chi connectivity index (χ4n) is 1.48. The van der Waals surface area contributed by atoms with E-state index in [0.717, 1.165) is 12.8 Å². The molecule has 1 fully saturated rings. The normalized spacial score (nSPS) is 16.9. The number of rotatable bonds is 4. The van der Waals surface area contributed by atoms with E-state index in [1.165, 1.54) is 12.4 Å². The fourth-order valence-corrected chi connectivity index (χ4v) is 1.58. The Kier molecular flexibility index (Phi) is 3.36. The molecule has 5 nitrogen and oxygen atoms in total. The van der Waals surface area contributed by atoms with Gasteiger partial charge in [-0.25, -0.2) is 9.97 Å². The molecule has 86 valence electrons. The maximum Gasteiger partial charge on any atom is 0.271 e. The molecular formula is C10H12ClN3O2. The second kappa shape index (κ2) is 4.76. The van der Waals surface area contributed by atoms with Crippen molar-refractivity contribution in [3.8, 4) is 0 Å². The topological polar surface area (TPSA) is 75.1 Å². The molecule has 1 aliphatic carbocycles. The van der Waals surface area contributed by atoms with Crippen molar-refractivity contribution in [2.75, 3.05) is 6.61 Å². The zero-order valence-electron chi connectivity index (χ0n) is 8.56. The van der Waals surface area contributed by atoms with Crippen molar-refractivity contribution in [3.63, 3.8) is 0 Å². The third-order valence-corrected chi connectivity index (χ3v) is 2.75. The molecule has 0 aliphatic heterocycles. The first-order valence-corrected chi connectivity index (χ1v) is 5.48. The van der Waals surface area contributed by atoms with Gasteiger partial charge in [0.15, 0.2) is 0 Å². The predicted octanol–water partition coefficient (Wildman–Crippen LogP) is 0.631. The number of hydrogen-bond donors (Lipinski definition) is 2. The smallest absolute Gasteiger partial charge is 0.271 e. The van der Waals surface area contributed by atoms with Gasteiger partial charge in [0.05, 0.1) is 25.0 Å². The Bertz CT molecular complexity index is 378. The van der Waals surface area contributed by atoms with E-state index >= 15 is 0 Å². The molecule has 1 amide bonds. The lowest BCUT2D eigenvalue weighted by Gasteiger charge is -2.14. The second-order valence-electron chi connectivity index (χ2n) is 3.82. The second-order valence-corrected chi connectivity index (χ2v) is 4.21. The molecule has 6 heteroatoms. The van der Waals surface area contributed by atoms with Crippen LogP contribution in [0, 0.1) is 5.92 Å². The number of carbonyl (C=O) groups is 1. The van der Waals surface area contributed by atoms with Crippen LogP contribution in [0.5, 0.6) is 0 Å². The van der Waals surface area contributed by atoms with Gasteiger partial charge in [0.2, 0.25) is 0 Å². The predicted molar refractivity (Wildman–Crippen MR) is 58.1 cm³/mol. The van der Waals surface area contributed by atoms with Crippen molar-refractivity contribution in [1.82, 2.24) is 15.3 Å². The van der Waals surface area contributed by atoms with E-state index < -0.39 is 0 Å². The van der Waals surface area contributed by atoms with Gasteiger partial charge in [0.25, 0.3) is 5.91 Å². The molecule has 2 N–H and O–H groups in total. The van der Waals surface area contributed by atoms with Gasteiger partial charge < -0.3 is 10.4 Å². The number of nitrogens with zero attached hydrogens (tertiary/aromatic N) is 2. The van der Waals surface area contributed by atoms with Gasteiger partial charge in [-0.1, -0.05) is 11.6 Å². The van der Waals surface area contributed by atoms with E-state index in [4.69, 9.17) is 16.7 Å². The highest BCUT2D eigenvalue weighted by molar-refractivity contribution is 6.29. The summed E-state index contributed by atoms with van der Waals surface area (Å²) < 4.78 is 0. The van der Waals surface area contributed by atoms with Gasteiger partial charge in [-0.15, -0.1) is 0 Å². The summed E-state index contributed by atoms with van der Waals surface area (Å²) in [6, 6.07) is -0.176. The minimum atomic E-state index is -0.324. The molecule has 1 atom stereocenters. The minimum absolute atomic E-state index is 0.0442. The molecule has 0 aromatic carbocycles. The highest BCUT2D eigenvalue weighted by Gasteiger charge is 2.32. The van der Waals surface area contributed by atoms with Crippen molar-refractivity contribution in [3.05, 3.63) is 23.2 Å². The summed E-state index contributed by atoms with van der Waals surface area (Å²) in [5.41, 5.74) is 0.212. The third kappa shape index (κ3) is 2.68. The largest absolute Gasteiger partial charge is 0.394 e. The zero-order valence-corrected chi connectivity index (χ0v) is 9.31. The van der Waals surface area contributed by atoms with E-state index in [1.54, 1.807) is 0 Å². The van der Waals surface area contributed by atoms with Gasteiger partial charge in [-0.3, -0.25) is 4.79 Å². The summed E-state index contributed by atoms with van der Waals surface area (Å²) in [6.45, 7) is -0.0442. The molecule has 0 bridgehead atoms. The third-order valence-electron chi connectivity index (χ3n) is 2.56. The van der Waals surface area contributed by atoms with E-state index in [0.29, 0.717) is 5.92 Å². The fraction of sp³-hybridized carbons (Fsp3) is 0.500. The number of halogens is 1. The standard InChI is InChI=1S/C10H12ClN3O2/c11-9-4-12-7(3-13-9)10(16)14-8(5-15)6-1-2-6/h3-4,6,8,15H,1-2,5H2,(H,14,16). The molecule has 1 heterocycles. The minimum Gasteiger partial charge on any atom is -0.394 e. The summed E-state index contributed by atoms with van der Waals surface area (Å²) >= 11 is 5.56. The van der Waals surface area contributed by atoms with E-state index in [2.05, 4.69) is 15.3 Å². The first-order chi connectivity index (χ1) is 7.70. The number of carbonyl (C=O) groups excluding carboxylic acids is 1. The molecule has 1 aliphatic rings. The van der Waals surface area contributed by atoms with Crippen molar-refractivity contribution < 1.29 is 9.90 Å². The van der Waals surface area contributed by atoms with Crippen LogP contribution in [0.1, 0.15) is 23.3 Å². The number of aliphatic hydroxyl groups is 1. The van der Waals surface area contributed by atoms with Crippen LogP contribution in [0.2, 0.25) is 5.15 Å². The molecule has 1 aromatic heterocycles. The summed E-state index contributed by atoms with van der Waals surface area (Å²) in [7, 11) is 0. The van der Waals surface area contributed by atoms with Gasteiger partial charge >= 0.3 is 0 Å². The Morgan fingerprint density at radius 3 is 2.81 bits per heavy atom. The van der Waals surface area contributed by atoms with Gasteiger partial charge in [0, 0.05) is 0 Å². The molecule has 0 spiro atoms. The maximum absolute atomic E-state index is 11.7. The summed E-state index contributed by atoms with van der Waals surface area (Å²) in [5.74, 6) is 0.0735. The van der Waals surface area contributed by atoms with Crippen LogP contribution in [0.25, 0.3) is 0 Å². The van der Waals surface area contributed by atoms with Crippen LogP contribution in [0.3, 0.4) is 0 Å². The van der Waals surface area contributed by atoms with Gasteiger partial charge in [0.1, 0.15) is 10.8 Å². The highest BCUT2D eigenvalue weighted by Crippen LogP contribution is 2.32. The number of aliphatic hydroxyl groups excluding tert-OH is 1. The van der Waals surface area contributed by atoms with Crippen molar-refractivity contribution in [2.45, 2.75) is 18.9 Å². The van der Waals surface area contributed by atoms with E-state index in [1.807, 2.05) is 0 Å². The van der Waals surface area contributed by atoms with E-state index in [-0.39, 0.29) is 29.4 Å². The molecule has 2 rings (SSSR count). The van der Waals surface area contributed by atoms with Crippen LogP contribution >= 0.6 is 11.6 Å². The molecule has 0 radical (unpaired) electrons. The van der Waals surface area contributed by atoms with Gasteiger partial charge in [-0.2, -0.15) is 0 Å². The Morgan fingerprint density at radius 1 is 1.56 bits per heavy atom. The molecule has 0 saturated heterocycles. The van der Waals surface area contributed by atoms with Crippen molar-refractivity contribution in [1.29, 1.82) is 0 Å². The molecule has 1 unspecified atom stereocenters. The van der Waals surface area contributed by atoms with Crippen LogP contribution in [-0.4, -0.2) is 33.6 Å². The first kappa shape index (κ1) is 11.3. The summed E-state index contributed by atoms with van der Waals surface area (Å²) in [6.07, 6.45) is 4.75. The van der Waals surface area contributed by atoms with Crippen LogP contribution in [0.15, 0.2) is 12.4 Å². The van der Waals surface area contributed by atoms with Crippen molar-refractivity contribution in [2.24, 2.45) is 5.92 Å². The van der Waals surface area contributed by atoms with Crippen LogP contribution in [0.4, 0.5) is 0 Å². The summed E-state index contributed by atoms with van der Waals surface area (Å²) in [5, 5.41) is 12.1. The molecule has 1 aromatic rings. The lowest BCUT2D eigenvalue weighted by atomic mass is 10.2. The van der Waals surface area contributed by atoms with E-state index in [9.17, 15) is 4.79 Å². The number of hydrogen-bond acceptors (Lipinski definition) is 4. The number of nitrogens with one attached hydrogen (secondary N) is 1. The Hall–Kier alpha value is -1.20. The average Bonchev–Trinajstić information content (AvgIpc) is 3.10. The molecule has 1 saturated carbocycles. The quantitative estimate of drug-likeness (QED) is 0.811.